The van der Waals surface area contributed by atoms with Crippen LogP contribution in [-0.4, -0.2) is 36.1 Å². The molecule has 0 spiro atoms. The van der Waals surface area contributed by atoms with Crippen molar-refractivity contribution in [2.24, 2.45) is 0 Å². The van der Waals surface area contributed by atoms with Crippen molar-refractivity contribution in [2.45, 2.75) is 31.6 Å². The Bertz CT molecular complexity index is 1070. The molecular formula is C20H21N3O2S2. The summed E-state index contributed by atoms with van der Waals surface area (Å²) >= 11 is 1.82. The van der Waals surface area contributed by atoms with Crippen LogP contribution < -0.4 is 0 Å². The van der Waals surface area contributed by atoms with Gasteiger partial charge in [0.2, 0.25) is 15.0 Å². The van der Waals surface area contributed by atoms with Crippen molar-refractivity contribution >= 4 is 21.2 Å². The third kappa shape index (κ3) is 4.10. The van der Waals surface area contributed by atoms with Gasteiger partial charge in [-0.1, -0.05) is 29.8 Å². The van der Waals surface area contributed by atoms with Gasteiger partial charge >= 0.3 is 0 Å². The lowest BCUT2D eigenvalue weighted by Gasteiger charge is -2.27. The molecule has 2 aromatic heterocycles. The average molecular weight is 400 g/mol. The first-order chi connectivity index (χ1) is 12.9. The Kier molecular flexibility index (Phi) is 4.84. The summed E-state index contributed by atoms with van der Waals surface area (Å²) in [6.45, 7) is 4.59. The van der Waals surface area contributed by atoms with Gasteiger partial charge in [-0.15, -0.1) is 11.3 Å². The van der Waals surface area contributed by atoms with Crippen molar-refractivity contribution in [2.75, 3.05) is 12.8 Å². The lowest BCUT2D eigenvalue weighted by molar-refractivity contribution is 0.244. The third-order valence-electron chi connectivity index (χ3n) is 4.70. The van der Waals surface area contributed by atoms with Crippen LogP contribution in [0.1, 0.15) is 21.7 Å². The molecule has 0 saturated carbocycles. The molecule has 1 aliphatic heterocycles. The predicted molar refractivity (Wildman–Crippen MR) is 107 cm³/mol. The highest BCUT2D eigenvalue weighted by atomic mass is 32.2. The number of aryl methyl sites for hydroxylation is 1. The van der Waals surface area contributed by atoms with E-state index in [0.717, 1.165) is 43.6 Å². The molecule has 0 amide bonds. The van der Waals surface area contributed by atoms with E-state index in [0.29, 0.717) is 0 Å². The molecule has 1 aromatic carbocycles. The van der Waals surface area contributed by atoms with E-state index in [2.05, 4.69) is 58.2 Å². The second-order valence-electron chi connectivity index (χ2n) is 6.99. The molecule has 0 saturated heterocycles. The predicted octanol–water partition coefficient (Wildman–Crippen LogP) is 3.48. The summed E-state index contributed by atoms with van der Waals surface area (Å²) in [6.07, 6.45) is 3.56. The van der Waals surface area contributed by atoms with Gasteiger partial charge in [0.05, 0.1) is 5.69 Å². The Hall–Kier alpha value is -2.09. The van der Waals surface area contributed by atoms with Crippen molar-refractivity contribution < 1.29 is 8.42 Å². The van der Waals surface area contributed by atoms with Gasteiger partial charge < -0.3 is 0 Å². The smallest absolute Gasteiger partial charge is 0.246 e. The van der Waals surface area contributed by atoms with E-state index in [9.17, 15) is 8.42 Å². The van der Waals surface area contributed by atoms with Crippen LogP contribution in [0.5, 0.6) is 0 Å². The van der Waals surface area contributed by atoms with Crippen LogP contribution in [-0.2, 0) is 29.3 Å². The van der Waals surface area contributed by atoms with Crippen molar-refractivity contribution in [3.05, 3.63) is 64.3 Å². The molecule has 3 heterocycles. The molecule has 0 unspecified atom stereocenters. The van der Waals surface area contributed by atoms with Crippen LogP contribution in [0.2, 0.25) is 0 Å². The minimum absolute atomic E-state index is 0.0734. The Labute approximate surface area is 163 Å². The standard InChI is InChI=1S/C20H21N3O2S2/c1-14-3-5-15(6-4-14)19-8-7-17(26-19)13-23-10-9-18-16(12-23)11-21-20(22-18)27(2,24)25/h3-8,11H,9-10,12-13H2,1-2H3. The van der Waals surface area contributed by atoms with E-state index in [1.165, 1.54) is 20.9 Å². The molecule has 0 N–H and O–H groups in total. The molecule has 140 valence electrons. The number of hydrogen-bond donors (Lipinski definition) is 0. The second kappa shape index (κ2) is 7.14. The zero-order chi connectivity index (χ0) is 19.0. The molecule has 0 bridgehead atoms. The fraction of sp³-hybridized carbons (Fsp3) is 0.300. The summed E-state index contributed by atoms with van der Waals surface area (Å²) in [5.41, 5.74) is 4.39. The van der Waals surface area contributed by atoms with Gasteiger partial charge in [0.15, 0.2) is 0 Å². The first-order valence-corrected chi connectivity index (χ1v) is 11.5. The van der Waals surface area contributed by atoms with Crippen LogP contribution in [0.15, 0.2) is 47.8 Å². The number of fused-ring (bicyclic) bond motifs is 1. The van der Waals surface area contributed by atoms with E-state index in [-0.39, 0.29) is 5.16 Å². The summed E-state index contributed by atoms with van der Waals surface area (Å²) in [4.78, 5) is 13.2. The summed E-state index contributed by atoms with van der Waals surface area (Å²) in [5, 5.41) is -0.0734. The third-order valence-corrected chi connectivity index (χ3v) is 6.68. The first-order valence-electron chi connectivity index (χ1n) is 8.81. The maximum absolute atomic E-state index is 11.6. The fourth-order valence-electron chi connectivity index (χ4n) is 3.23. The molecule has 0 fully saturated rings. The molecule has 0 radical (unpaired) electrons. The second-order valence-corrected chi connectivity index (χ2v) is 10.1. The summed E-state index contributed by atoms with van der Waals surface area (Å²) in [5.74, 6) is 0. The average Bonchev–Trinajstić information content (AvgIpc) is 3.09. The largest absolute Gasteiger partial charge is 0.293 e. The number of rotatable bonds is 4. The van der Waals surface area contributed by atoms with E-state index in [1.54, 1.807) is 6.20 Å². The minimum atomic E-state index is -3.36. The molecule has 5 nitrogen and oxygen atoms in total. The highest BCUT2D eigenvalue weighted by molar-refractivity contribution is 7.90. The molecule has 0 aliphatic carbocycles. The summed E-state index contributed by atoms with van der Waals surface area (Å²) in [6, 6.07) is 13.0. The van der Waals surface area contributed by atoms with Crippen molar-refractivity contribution in [3.8, 4) is 10.4 Å². The van der Waals surface area contributed by atoms with Crippen LogP contribution in [0.4, 0.5) is 0 Å². The van der Waals surface area contributed by atoms with Gasteiger partial charge in [-0.3, -0.25) is 4.90 Å². The van der Waals surface area contributed by atoms with Gasteiger partial charge in [0.25, 0.3) is 0 Å². The van der Waals surface area contributed by atoms with Crippen LogP contribution in [0.25, 0.3) is 10.4 Å². The number of hydrogen-bond acceptors (Lipinski definition) is 6. The van der Waals surface area contributed by atoms with Gasteiger partial charge in [-0.2, -0.15) is 0 Å². The van der Waals surface area contributed by atoms with Crippen LogP contribution >= 0.6 is 11.3 Å². The summed E-state index contributed by atoms with van der Waals surface area (Å²) < 4.78 is 23.3. The topological polar surface area (TPSA) is 63.2 Å². The fourth-order valence-corrected chi connectivity index (χ4v) is 4.80. The van der Waals surface area contributed by atoms with E-state index in [4.69, 9.17) is 0 Å². The Morgan fingerprint density at radius 1 is 1.15 bits per heavy atom. The van der Waals surface area contributed by atoms with E-state index in [1.807, 2.05) is 11.3 Å². The molecule has 27 heavy (non-hydrogen) atoms. The van der Waals surface area contributed by atoms with Crippen LogP contribution in [0.3, 0.4) is 0 Å². The number of sulfone groups is 1. The number of aromatic nitrogens is 2. The molecule has 4 rings (SSSR count). The zero-order valence-electron chi connectivity index (χ0n) is 15.3. The van der Waals surface area contributed by atoms with E-state index >= 15 is 0 Å². The number of nitrogens with zero attached hydrogens (tertiary/aromatic N) is 3. The minimum Gasteiger partial charge on any atom is -0.293 e. The van der Waals surface area contributed by atoms with Gasteiger partial charge in [-0.05, 0) is 24.6 Å². The maximum Gasteiger partial charge on any atom is 0.246 e. The number of benzene rings is 1. The zero-order valence-corrected chi connectivity index (χ0v) is 17.0. The highest BCUT2D eigenvalue weighted by Gasteiger charge is 2.21. The molecule has 1 aliphatic rings. The van der Waals surface area contributed by atoms with Gasteiger partial charge in [0.1, 0.15) is 0 Å². The van der Waals surface area contributed by atoms with Crippen molar-refractivity contribution in [1.29, 1.82) is 0 Å². The lowest BCUT2D eigenvalue weighted by Crippen LogP contribution is -2.31. The highest BCUT2D eigenvalue weighted by Crippen LogP contribution is 2.30. The van der Waals surface area contributed by atoms with Crippen LogP contribution in [0, 0.1) is 6.92 Å². The van der Waals surface area contributed by atoms with Gasteiger partial charge in [-0.25, -0.2) is 18.4 Å². The Morgan fingerprint density at radius 2 is 1.93 bits per heavy atom. The summed E-state index contributed by atoms with van der Waals surface area (Å²) in [7, 11) is -3.36. The van der Waals surface area contributed by atoms with Crippen molar-refractivity contribution in [3.63, 3.8) is 0 Å². The maximum atomic E-state index is 11.6. The monoisotopic (exact) mass is 399 g/mol. The van der Waals surface area contributed by atoms with E-state index < -0.39 is 9.84 Å². The van der Waals surface area contributed by atoms with Gasteiger partial charge in [0, 0.05) is 53.8 Å². The number of thiophene rings is 1. The van der Waals surface area contributed by atoms with Crippen molar-refractivity contribution in [1.82, 2.24) is 14.9 Å². The molecule has 3 aromatic rings. The molecular weight excluding hydrogens is 378 g/mol. The normalized spacial score (nSPS) is 14.9. The quantitative estimate of drug-likeness (QED) is 0.629. The first kappa shape index (κ1) is 18.3. The molecule has 7 heteroatoms. The Morgan fingerprint density at radius 3 is 2.67 bits per heavy atom. The lowest BCUT2D eigenvalue weighted by atomic mass is 10.1. The SMILES string of the molecule is Cc1ccc(-c2ccc(CN3CCc4nc(S(C)(=O)=O)ncc4C3)s2)cc1. The Balaban J connectivity index is 1.47. The molecule has 0 atom stereocenters.